The number of hydrogen-bond donors (Lipinski definition) is 0. The van der Waals surface area contributed by atoms with E-state index in [0.29, 0.717) is 31.2 Å². The lowest BCUT2D eigenvalue weighted by atomic mass is 9.83. The van der Waals surface area contributed by atoms with Crippen molar-refractivity contribution in [1.82, 2.24) is 19.1 Å². The van der Waals surface area contributed by atoms with Crippen LogP contribution in [-0.4, -0.2) is 38.1 Å². The number of likely N-dealkylation sites (tertiary alicyclic amines) is 1. The Morgan fingerprint density at radius 2 is 1.92 bits per heavy atom. The molecule has 1 saturated heterocycles. The second-order valence-corrected chi connectivity index (χ2v) is 6.99. The summed E-state index contributed by atoms with van der Waals surface area (Å²) in [6.07, 6.45) is 2.75. The number of rotatable bonds is 1. The van der Waals surface area contributed by atoms with Crippen LogP contribution in [0, 0.1) is 5.92 Å². The number of piperidine rings is 1. The average Bonchev–Trinajstić information content (AvgIpc) is 3.11. The van der Waals surface area contributed by atoms with Crippen molar-refractivity contribution in [2.75, 3.05) is 13.1 Å². The summed E-state index contributed by atoms with van der Waals surface area (Å²) in [4.78, 5) is 27.2. The fraction of sp³-hybridized carbons (Fsp3) is 0.316. The van der Waals surface area contributed by atoms with Crippen molar-refractivity contribution in [2.24, 2.45) is 5.92 Å². The van der Waals surface area contributed by atoms with Gasteiger partial charge in [-0.1, -0.05) is 12.1 Å². The van der Waals surface area contributed by atoms with Gasteiger partial charge in [0.05, 0.1) is 11.7 Å². The van der Waals surface area contributed by atoms with Crippen molar-refractivity contribution in [2.45, 2.75) is 18.9 Å². The lowest BCUT2D eigenvalue weighted by Crippen LogP contribution is -2.49. The third-order valence-corrected chi connectivity index (χ3v) is 5.41. The largest absolute Gasteiger partial charge is 0.336 e. The van der Waals surface area contributed by atoms with E-state index in [1.165, 1.54) is 0 Å². The van der Waals surface area contributed by atoms with Gasteiger partial charge in [0.1, 0.15) is 5.69 Å². The number of aromatic nitrogens is 3. The minimum Gasteiger partial charge on any atom is -0.336 e. The highest BCUT2D eigenvalue weighted by atomic mass is 16.2. The maximum Gasteiger partial charge on any atom is 0.272 e. The molecule has 5 heterocycles. The molecule has 5 rings (SSSR count). The van der Waals surface area contributed by atoms with E-state index in [4.69, 9.17) is 0 Å². The Kier molecular flexibility index (Phi) is 3.07. The first-order chi connectivity index (χ1) is 12.2. The van der Waals surface area contributed by atoms with Crippen LogP contribution in [0.15, 0.2) is 53.5 Å². The first-order valence-electron chi connectivity index (χ1n) is 8.62. The van der Waals surface area contributed by atoms with Gasteiger partial charge in [0.25, 0.3) is 11.5 Å². The molecule has 0 aromatic carbocycles. The van der Waals surface area contributed by atoms with Crippen molar-refractivity contribution in [3.8, 4) is 0 Å². The Labute approximate surface area is 144 Å². The minimum atomic E-state index is 0.00993. The number of amides is 1. The van der Waals surface area contributed by atoms with Crippen molar-refractivity contribution >= 4 is 11.4 Å². The van der Waals surface area contributed by atoms with E-state index < -0.39 is 0 Å². The third kappa shape index (κ3) is 2.21. The quantitative estimate of drug-likeness (QED) is 0.681. The fourth-order valence-corrected chi connectivity index (χ4v) is 4.34. The third-order valence-electron chi connectivity index (χ3n) is 5.41. The van der Waals surface area contributed by atoms with Gasteiger partial charge in [-0.3, -0.25) is 9.59 Å². The molecule has 2 aliphatic heterocycles. The van der Waals surface area contributed by atoms with Crippen molar-refractivity contribution in [1.29, 1.82) is 0 Å². The topological polar surface area (TPSA) is 59.6 Å². The Morgan fingerprint density at radius 3 is 2.84 bits per heavy atom. The van der Waals surface area contributed by atoms with Crippen molar-refractivity contribution in [3.63, 3.8) is 0 Å². The Morgan fingerprint density at radius 1 is 1.04 bits per heavy atom. The number of nitrogens with zero attached hydrogens (tertiary/aromatic N) is 4. The summed E-state index contributed by atoms with van der Waals surface area (Å²) < 4.78 is 3.58. The number of pyridine rings is 2. The van der Waals surface area contributed by atoms with Crippen LogP contribution in [0.5, 0.6) is 0 Å². The maximum atomic E-state index is 13.1. The molecule has 1 amide bonds. The van der Waals surface area contributed by atoms with Crippen LogP contribution in [0.4, 0.5) is 0 Å². The molecule has 0 saturated carbocycles. The van der Waals surface area contributed by atoms with Crippen molar-refractivity contribution < 1.29 is 4.79 Å². The standard InChI is InChI=1S/C19H18N4O2/c24-18-6-2-4-16-14-9-13(11-22(16)18)10-21(12-14)19(25)17-5-1-3-15-7-8-20-23(15)17/h1-8,13-14H,9-12H2/t13-,14+/m1/s1. The molecule has 6 heteroatoms. The highest BCUT2D eigenvalue weighted by Crippen LogP contribution is 2.35. The second kappa shape index (κ2) is 5.31. The van der Waals surface area contributed by atoms with Crippen LogP contribution < -0.4 is 5.56 Å². The summed E-state index contributed by atoms with van der Waals surface area (Å²) in [5, 5.41) is 4.28. The molecule has 3 aromatic heterocycles. The lowest BCUT2D eigenvalue weighted by molar-refractivity contribution is 0.0586. The van der Waals surface area contributed by atoms with E-state index in [9.17, 15) is 9.59 Å². The first-order valence-corrected chi connectivity index (χ1v) is 8.62. The van der Waals surface area contributed by atoms with E-state index in [1.54, 1.807) is 16.8 Å². The molecular weight excluding hydrogens is 316 g/mol. The zero-order valence-corrected chi connectivity index (χ0v) is 13.7. The molecule has 0 N–H and O–H groups in total. The van der Waals surface area contributed by atoms with E-state index in [0.717, 1.165) is 17.6 Å². The molecule has 3 aromatic rings. The van der Waals surface area contributed by atoms with Gasteiger partial charge in [0, 0.05) is 37.3 Å². The SMILES string of the molecule is O=C(c1cccc2ccnn12)N1C[C@H]2C[C@@H](C1)c1cccc(=O)n1C2. The summed E-state index contributed by atoms with van der Waals surface area (Å²) in [5.41, 5.74) is 2.62. The molecule has 2 bridgehead atoms. The molecule has 0 unspecified atom stereocenters. The lowest BCUT2D eigenvalue weighted by Gasteiger charge is -2.42. The van der Waals surface area contributed by atoms with Gasteiger partial charge < -0.3 is 9.47 Å². The monoisotopic (exact) mass is 334 g/mol. The predicted molar refractivity (Wildman–Crippen MR) is 92.6 cm³/mol. The Bertz CT molecular complexity index is 1040. The van der Waals surface area contributed by atoms with Gasteiger partial charge in [0.2, 0.25) is 0 Å². The van der Waals surface area contributed by atoms with Gasteiger partial charge in [-0.15, -0.1) is 0 Å². The molecule has 0 aliphatic carbocycles. The maximum absolute atomic E-state index is 13.1. The average molecular weight is 334 g/mol. The Hall–Kier alpha value is -2.89. The van der Waals surface area contributed by atoms with E-state index in [2.05, 4.69) is 5.10 Å². The number of carbonyl (C=O) groups excluding carboxylic acids is 1. The van der Waals surface area contributed by atoms with Crippen LogP contribution in [0.3, 0.4) is 0 Å². The predicted octanol–water partition coefficient (Wildman–Crippen LogP) is 1.76. The van der Waals surface area contributed by atoms with Crippen LogP contribution in [0.1, 0.15) is 28.5 Å². The highest BCUT2D eigenvalue weighted by Gasteiger charge is 2.36. The van der Waals surface area contributed by atoms with Crippen LogP contribution >= 0.6 is 0 Å². The van der Waals surface area contributed by atoms with E-state index in [1.807, 2.05) is 45.9 Å². The summed E-state index contributed by atoms with van der Waals surface area (Å²) in [6, 6.07) is 13.0. The van der Waals surface area contributed by atoms with Gasteiger partial charge >= 0.3 is 0 Å². The van der Waals surface area contributed by atoms with Crippen LogP contribution in [0.25, 0.3) is 5.52 Å². The number of fused-ring (bicyclic) bond motifs is 5. The molecule has 2 aliphatic rings. The summed E-state index contributed by atoms with van der Waals surface area (Å²) in [7, 11) is 0. The van der Waals surface area contributed by atoms with Crippen LogP contribution in [0.2, 0.25) is 0 Å². The van der Waals surface area contributed by atoms with E-state index in [-0.39, 0.29) is 17.4 Å². The van der Waals surface area contributed by atoms with E-state index >= 15 is 0 Å². The summed E-state index contributed by atoms with van der Waals surface area (Å²) in [5.74, 6) is 0.560. The highest BCUT2D eigenvalue weighted by molar-refractivity contribution is 5.93. The van der Waals surface area contributed by atoms with Gasteiger partial charge in [-0.2, -0.15) is 5.10 Å². The molecule has 0 spiro atoms. The van der Waals surface area contributed by atoms with Gasteiger partial charge in [-0.05, 0) is 36.6 Å². The second-order valence-electron chi connectivity index (χ2n) is 6.99. The molecular formula is C19H18N4O2. The minimum absolute atomic E-state index is 0.00993. The zero-order valence-electron chi connectivity index (χ0n) is 13.7. The van der Waals surface area contributed by atoms with Gasteiger partial charge in [-0.25, -0.2) is 4.52 Å². The fourth-order valence-electron chi connectivity index (χ4n) is 4.34. The summed E-state index contributed by atoms with van der Waals surface area (Å²) in [6.45, 7) is 2.03. The molecule has 2 atom stereocenters. The molecule has 0 radical (unpaired) electrons. The molecule has 6 nitrogen and oxygen atoms in total. The van der Waals surface area contributed by atoms with Gasteiger partial charge in [0.15, 0.2) is 0 Å². The number of carbonyl (C=O) groups is 1. The normalized spacial score (nSPS) is 22.0. The Balaban J connectivity index is 1.50. The molecule has 1 fully saturated rings. The molecule has 25 heavy (non-hydrogen) atoms. The zero-order chi connectivity index (χ0) is 17.0. The number of hydrogen-bond acceptors (Lipinski definition) is 3. The molecule has 126 valence electrons. The first kappa shape index (κ1) is 14.5. The summed E-state index contributed by atoms with van der Waals surface area (Å²) >= 11 is 0. The van der Waals surface area contributed by atoms with Crippen molar-refractivity contribution in [3.05, 3.63) is 70.4 Å². The smallest absolute Gasteiger partial charge is 0.272 e. The van der Waals surface area contributed by atoms with Crippen LogP contribution in [-0.2, 0) is 6.54 Å².